The number of aliphatic hydroxyl groups excluding tert-OH is 12. The number of hydrogen-bond donors (Lipinski definition) is 17. The number of aliphatic hydroxyl groups is 12. The first-order chi connectivity index (χ1) is 34.0. The molecule has 0 radical (unpaired) electrons. The van der Waals surface area contributed by atoms with E-state index in [9.17, 15) is 105 Å². The zero-order valence-electron chi connectivity index (χ0n) is 41.4. The SMILES string of the molecule is CC(=O)N[C@H]1[C@@H](O[C@H](C)[C@H](N)C(=O)O)O[C@H](CO[C@]2(C(=O)[O-])C[C@H](O)[C@@H](NC(C)=O)[C@H]([C@H](O)[C@H](O)CO)O2)[C@H](O)[C@@H]1O[C@@H]1O[C@H](CO)[C@H](O)[C@H](O[C@]2(C(=O)[O-])C[C@H](O)[C@@H](NC(C)=O)[C@H]([C@H](O)[C@H](O)CO)O2)[C@H]1O.[Na+].[Na+]. The number of ether oxygens (including phenoxy) is 8. The molecule has 3 amide bonds. The fourth-order valence-corrected chi connectivity index (χ4v) is 8.62. The molecule has 0 aromatic heterocycles. The Labute approximate surface area is 470 Å². The second kappa shape index (κ2) is 29.4. The van der Waals surface area contributed by atoms with E-state index in [1.165, 1.54) is 0 Å². The van der Waals surface area contributed by atoms with Gasteiger partial charge in [-0.3, -0.25) is 19.2 Å². The fraction of sp³-hybridized carbons (Fsp3) is 0.850. The first-order valence-corrected chi connectivity index (χ1v) is 22.5. The number of carbonyl (C=O) groups excluding carboxylic acids is 5. The Morgan fingerprint density at radius 2 is 1.09 bits per heavy atom. The molecule has 4 fully saturated rings. The van der Waals surface area contributed by atoms with Crippen LogP contribution in [0.25, 0.3) is 0 Å². The van der Waals surface area contributed by atoms with Gasteiger partial charge >= 0.3 is 65.1 Å². The molecule has 24 atom stereocenters. The van der Waals surface area contributed by atoms with Crippen molar-refractivity contribution in [2.75, 3.05) is 26.4 Å². The molecule has 0 aromatic carbocycles. The van der Waals surface area contributed by atoms with Gasteiger partial charge in [0, 0.05) is 33.6 Å². The van der Waals surface area contributed by atoms with E-state index in [1.54, 1.807) is 0 Å². The second-order valence-electron chi connectivity index (χ2n) is 17.9. The van der Waals surface area contributed by atoms with E-state index in [1.807, 2.05) is 0 Å². The molecule has 35 heteroatoms. The molecule has 4 saturated heterocycles. The minimum atomic E-state index is -3.36. The van der Waals surface area contributed by atoms with E-state index in [-0.39, 0.29) is 59.1 Å². The summed E-state index contributed by atoms with van der Waals surface area (Å²) in [6.07, 6.45) is -41.1. The van der Waals surface area contributed by atoms with E-state index < -0.39 is 221 Å². The average molecular weight is 1110 g/mol. The van der Waals surface area contributed by atoms with Crippen molar-refractivity contribution >= 4 is 35.6 Å². The third-order valence-electron chi connectivity index (χ3n) is 12.4. The van der Waals surface area contributed by atoms with Crippen LogP contribution in [0.2, 0.25) is 0 Å². The van der Waals surface area contributed by atoms with Crippen LogP contribution in [-0.2, 0) is 66.7 Å². The van der Waals surface area contributed by atoms with Crippen molar-refractivity contribution in [3.8, 4) is 0 Å². The minimum Gasteiger partial charge on any atom is -0.544 e. The summed E-state index contributed by atoms with van der Waals surface area (Å²) in [4.78, 5) is 74.5. The topological polar surface area (TPSA) is 547 Å². The quantitative estimate of drug-likeness (QED) is 0.0423. The largest absolute Gasteiger partial charge is 1.00 e. The number of carboxylic acid groups (broad SMARTS) is 3. The molecule has 0 aliphatic carbocycles. The second-order valence-corrected chi connectivity index (χ2v) is 17.9. The Kier molecular flexibility index (Phi) is 27.1. The number of amides is 3. The fourth-order valence-electron chi connectivity index (χ4n) is 8.62. The van der Waals surface area contributed by atoms with Crippen LogP contribution in [0.1, 0.15) is 40.5 Å². The van der Waals surface area contributed by atoms with E-state index in [4.69, 9.17) is 43.6 Å². The third kappa shape index (κ3) is 16.3. The Morgan fingerprint density at radius 3 is 1.52 bits per heavy atom. The summed E-state index contributed by atoms with van der Waals surface area (Å²) in [6, 6.07) is -7.13. The molecule has 4 heterocycles. The van der Waals surface area contributed by atoms with Gasteiger partial charge in [0.1, 0.15) is 103 Å². The monoisotopic (exact) mass is 1110 g/mol. The average Bonchev–Trinajstić information content (AvgIpc) is 3.31. The smallest absolute Gasteiger partial charge is 0.544 e. The van der Waals surface area contributed by atoms with Gasteiger partial charge in [0.05, 0.1) is 56.8 Å². The molecule has 33 nitrogen and oxygen atoms in total. The van der Waals surface area contributed by atoms with E-state index in [0.29, 0.717) is 0 Å². The van der Waals surface area contributed by atoms with Crippen molar-refractivity contribution in [3.05, 3.63) is 0 Å². The molecule has 0 spiro atoms. The molecule has 4 aliphatic rings. The molecule has 4 aliphatic heterocycles. The molecule has 0 aromatic rings. The standard InChI is InChI=1S/C40H66N4O29.2Na/c1-11(21(41)34(60)61)67-35-24(44-14(4)50)30(28(58)20(69-35)10-66-39(37(62)63)5-15(51)22(42-12(2)48)31(71-39)25(55)17(53)7-45)70-36-29(59)33(27(57)19(9-47)68-36)73-40(38(64)65)6-16(52)23(43-13(3)49)32(72-40)26(56)18(54)8-46;;/h11,15-33,35-36,45-47,51-59H,5-10,41H2,1-4H3,(H,42,48)(H,43,49)(H,44,50)(H,60,61)(H,62,63)(H,64,65);;/q;2*+1/p-2/t11-,15+,16+,17-,18-,19-,20-,21+,22-,23-,24-,25-,26-,27+,28+,29-,30-,31-,32-,33+,35+,36+,39-,40+;;/m1../s1. The predicted octanol–water partition coefficient (Wildman–Crippen LogP) is -19.7. The van der Waals surface area contributed by atoms with Crippen LogP contribution in [0.4, 0.5) is 0 Å². The third-order valence-corrected chi connectivity index (χ3v) is 12.4. The molecule has 18 N–H and O–H groups in total. The zero-order valence-corrected chi connectivity index (χ0v) is 45.4. The summed E-state index contributed by atoms with van der Waals surface area (Å²) < 4.78 is 45.6. The van der Waals surface area contributed by atoms with Crippen molar-refractivity contribution < 1.29 is 202 Å². The Bertz CT molecular complexity index is 1920. The Hall–Kier alpha value is -2.02. The zero-order chi connectivity index (χ0) is 55.2. The van der Waals surface area contributed by atoms with Gasteiger partial charge in [-0.1, -0.05) is 0 Å². The molecule has 0 bridgehead atoms. The first-order valence-electron chi connectivity index (χ1n) is 22.5. The first kappa shape index (κ1) is 69.1. The van der Waals surface area contributed by atoms with Crippen LogP contribution in [-0.4, -0.2) is 274 Å². The van der Waals surface area contributed by atoms with Gasteiger partial charge in [-0.05, 0) is 6.92 Å². The van der Waals surface area contributed by atoms with Gasteiger partial charge in [-0.2, -0.15) is 0 Å². The van der Waals surface area contributed by atoms with Gasteiger partial charge in [-0.15, -0.1) is 0 Å². The minimum absolute atomic E-state index is 0. The van der Waals surface area contributed by atoms with Crippen molar-refractivity contribution in [2.45, 2.75) is 187 Å². The normalized spacial score (nSPS) is 38.4. The molecule has 0 saturated carbocycles. The number of hydrogen-bond acceptors (Lipinski definition) is 29. The van der Waals surface area contributed by atoms with Crippen LogP contribution in [0.3, 0.4) is 0 Å². The summed E-state index contributed by atoms with van der Waals surface area (Å²) in [5.74, 6) is -15.5. The van der Waals surface area contributed by atoms with Gasteiger partial charge in [0.2, 0.25) is 29.3 Å². The van der Waals surface area contributed by atoms with Gasteiger partial charge < -0.3 is 146 Å². The maximum absolute atomic E-state index is 12.9. The number of nitrogens with one attached hydrogen (secondary N) is 3. The molecular formula is C40H64N4Na2O29. The maximum atomic E-state index is 12.9. The number of carboxylic acids is 3. The van der Waals surface area contributed by atoms with Crippen molar-refractivity contribution in [2.24, 2.45) is 5.73 Å². The number of nitrogens with two attached hydrogens (primary N) is 1. The number of aliphatic carboxylic acids is 3. The Balaban J connectivity index is 0.00000963. The van der Waals surface area contributed by atoms with Crippen molar-refractivity contribution in [3.63, 3.8) is 0 Å². The molecular weight excluding hydrogens is 1050 g/mol. The van der Waals surface area contributed by atoms with E-state index >= 15 is 0 Å². The maximum Gasteiger partial charge on any atom is 1.00 e. The van der Waals surface area contributed by atoms with Crippen molar-refractivity contribution in [1.29, 1.82) is 0 Å². The van der Waals surface area contributed by atoms with Crippen molar-refractivity contribution in [1.82, 2.24) is 16.0 Å². The predicted molar refractivity (Wildman–Crippen MR) is 222 cm³/mol. The van der Waals surface area contributed by atoms with Gasteiger partial charge in [-0.25, -0.2) is 0 Å². The van der Waals surface area contributed by atoms with Gasteiger partial charge in [0.25, 0.3) is 0 Å². The summed E-state index contributed by atoms with van der Waals surface area (Å²) in [6.45, 7) is -0.779. The molecule has 75 heavy (non-hydrogen) atoms. The number of carbonyl (C=O) groups is 6. The molecule has 0 unspecified atom stereocenters. The summed E-state index contributed by atoms with van der Waals surface area (Å²) in [5.41, 5.74) is 5.76. The van der Waals surface area contributed by atoms with Crippen LogP contribution >= 0.6 is 0 Å². The molecule has 4 rings (SSSR count). The summed E-state index contributed by atoms with van der Waals surface area (Å²) in [5, 5.41) is 171. The van der Waals surface area contributed by atoms with Crippen LogP contribution in [0, 0.1) is 0 Å². The summed E-state index contributed by atoms with van der Waals surface area (Å²) >= 11 is 0. The van der Waals surface area contributed by atoms with Crippen LogP contribution in [0.5, 0.6) is 0 Å². The van der Waals surface area contributed by atoms with Crippen LogP contribution in [0.15, 0.2) is 0 Å². The summed E-state index contributed by atoms with van der Waals surface area (Å²) in [7, 11) is 0. The van der Waals surface area contributed by atoms with E-state index in [0.717, 1.165) is 27.7 Å². The molecule has 420 valence electrons. The Morgan fingerprint density at radius 1 is 0.667 bits per heavy atom. The van der Waals surface area contributed by atoms with Gasteiger partial charge in [0.15, 0.2) is 12.6 Å². The van der Waals surface area contributed by atoms with E-state index in [2.05, 4.69) is 16.0 Å². The van der Waals surface area contributed by atoms with Crippen LogP contribution < -0.4 is 91.0 Å². The number of rotatable bonds is 23.